The second-order valence-corrected chi connectivity index (χ2v) is 2.80. The number of amides is 1. The number of likely N-dealkylation sites (tertiary alicyclic amines) is 1. The van der Waals surface area contributed by atoms with Gasteiger partial charge in [0.05, 0.1) is 6.61 Å². The maximum Gasteiger partial charge on any atom is 0.409 e. The lowest BCUT2D eigenvalue weighted by molar-refractivity contribution is 0.115. The standard InChI is InChI=1S/C8H14NO2/c1-3-11-8(10)9-5-4-7(2)6-9/h7H,2-6H2,1H3. The number of carbonyl (C=O) groups excluding carboxylic acids is 1. The molecule has 0 aromatic heterocycles. The van der Waals surface area contributed by atoms with Crippen molar-refractivity contribution < 1.29 is 9.53 Å². The van der Waals surface area contributed by atoms with E-state index in [0.717, 1.165) is 19.5 Å². The average molecular weight is 156 g/mol. The smallest absolute Gasteiger partial charge is 0.409 e. The summed E-state index contributed by atoms with van der Waals surface area (Å²) in [6.45, 7) is 7.70. The number of nitrogens with zero attached hydrogens (tertiary/aromatic N) is 1. The molecule has 0 aromatic rings. The Kier molecular flexibility index (Phi) is 2.74. The minimum absolute atomic E-state index is 0.196. The van der Waals surface area contributed by atoms with Gasteiger partial charge in [-0.2, -0.15) is 0 Å². The first kappa shape index (κ1) is 8.37. The van der Waals surface area contributed by atoms with Gasteiger partial charge in [-0.1, -0.05) is 0 Å². The molecule has 1 radical (unpaired) electrons. The van der Waals surface area contributed by atoms with E-state index in [1.54, 1.807) is 4.90 Å². The van der Waals surface area contributed by atoms with E-state index in [9.17, 15) is 4.79 Å². The molecule has 11 heavy (non-hydrogen) atoms. The zero-order chi connectivity index (χ0) is 8.27. The molecule has 0 N–H and O–H groups in total. The summed E-state index contributed by atoms with van der Waals surface area (Å²) in [7, 11) is 0. The lowest BCUT2D eigenvalue weighted by Crippen LogP contribution is -2.29. The van der Waals surface area contributed by atoms with Crippen molar-refractivity contribution in [3.63, 3.8) is 0 Å². The summed E-state index contributed by atoms with van der Waals surface area (Å²) in [5, 5.41) is 0. The highest BCUT2D eigenvalue weighted by Gasteiger charge is 2.23. The van der Waals surface area contributed by atoms with Crippen LogP contribution in [0.3, 0.4) is 0 Å². The summed E-state index contributed by atoms with van der Waals surface area (Å²) in [4.78, 5) is 12.8. The van der Waals surface area contributed by atoms with Gasteiger partial charge in [0.25, 0.3) is 0 Å². The van der Waals surface area contributed by atoms with Crippen LogP contribution in [0, 0.1) is 12.8 Å². The molecule has 1 saturated heterocycles. The zero-order valence-corrected chi connectivity index (χ0v) is 6.88. The van der Waals surface area contributed by atoms with Crippen molar-refractivity contribution in [3.05, 3.63) is 6.92 Å². The molecular formula is C8H14NO2. The molecule has 0 aliphatic carbocycles. The molecule has 1 aliphatic heterocycles. The topological polar surface area (TPSA) is 29.5 Å². The van der Waals surface area contributed by atoms with E-state index in [4.69, 9.17) is 4.74 Å². The van der Waals surface area contributed by atoms with Gasteiger partial charge >= 0.3 is 6.09 Å². The highest BCUT2D eigenvalue weighted by atomic mass is 16.6. The second kappa shape index (κ2) is 3.60. The first-order valence-corrected chi connectivity index (χ1v) is 3.98. The summed E-state index contributed by atoms with van der Waals surface area (Å²) in [6.07, 6.45) is 0.803. The van der Waals surface area contributed by atoms with E-state index < -0.39 is 0 Å². The minimum atomic E-state index is -0.196. The van der Waals surface area contributed by atoms with Gasteiger partial charge in [-0.25, -0.2) is 4.79 Å². The van der Waals surface area contributed by atoms with Gasteiger partial charge in [-0.3, -0.25) is 0 Å². The van der Waals surface area contributed by atoms with Crippen LogP contribution in [-0.4, -0.2) is 30.7 Å². The van der Waals surface area contributed by atoms with Crippen molar-refractivity contribution >= 4 is 6.09 Å². The van der Waals surface area contributed by atoms with Crippen molar-refractivity contribution in [3.8, 4) is 0 Å². The van der Waals surface area contributed by atoms with E-state index in [1.165, 1.54) is 0 Å². The minimum Gasteiger partial charge on any atom is -0.450 e. The molecule has 1 amide bonds. The molecule has 1 fully saturated rings. The Labute approximate surface area is 67.3 Å². The van der Waals surface area contributed by atoms with Gasteiger partial charge in [-0.05, 0) is 26.2 Å². The largest absolute Gasteiger partial charge is 0.450 e. The SMILES string of the molecule is [CH2]C1CCN(C(=O)OCC)C1. The normalized spacial score (nSPS) is 23.8. The summed E-state index contributed by atoms with van der Waals surface area (Å²) in [6, 6.07) is 0. The first-order chi connectivity index (χ1) is 5.24. The number of hydrogen-bond acceptors (Lipinski definition) is 2. The Morgan fingerprint density at radius 1 is 1.82 bits per heavy atom. The van der Waals surface area contributed by atoms with Gasteiger partial charge in [0, 0.05) is 13.1 Å². The third-order valence-electron chi connectivity index (χ3n) is 1.81. The Morgan fingerprint density at radius 2 is 2.55 bits per heavy atom. The van der Waals surface area contributed by atoms with Gasteiger partial charge in [0.2, 0.25) is 0 Å². The monoisotopic (exact) mass is 156 g/mol. The van der Waals surface area contributed by atoms with Crippen molar-refractivity contribution in [1.82, 2.24) is 4.90 Å². The molecule has 1 unspecified atom stereocenters. The molecule has 1 rings (SSSR count). The van der Waals surface area contributed by atoms with Crippen molar-refractivity contribution in [2.45, 2.75) is 13.3 Å². The van der Waals surface area contributed by atoms with Crippen LogP contribution in [0.25, 0.3) is 0 Å². The number of carbonyl (C=O) groups is 1. The Bertz CT molecular complexity index is 147. The maximum atomic E-state index is 11.1. The quantitative estimate of drug-likeness (QED) is 0.572. The fourth-order valence-electron chi connectivity index (χ4n) is 1.21. The Balaban J connectivity index is 2.31. The molecule has 3 nitrogen and oxygen atoms in total. The molecule has 1 atom stereocenters. The van der Waals surface area contributed by atoms with Crippen LogP contribution < -0.4 is 0 Å². The fraction of sp³-hybridized carbons (Fsp3) is 0.750. The van der Waals surface area contributed by atoms with Crippen LogP contribution in [-0.2, 0) is 4.74 Å². The van der Waals surface area contributed by atoms with Crippen LogP contribution in [0.5, 0.6) is 0 Å². The molecule has 0 bridgehead atoms. The van der Waals surface area contributed by atoms with Crippen molar-refractivity contribution in [2.75, 3.05) is 19.7 Å². The number of ether oxygens (including phenoxy) is 1. The molecule has 0 spiro atoms. The lowest BCUT2D eigenvalue weighted by Gasteiger charge is -2.14. The predicted molar refractivity (Wildman–Crippen MR) is 42.1 cm³/mol. The lowest BCUT2D eigenvalue weighted by atomic mass is 10.2. The second-order valence-electron chi connectivity index (χ2n) is 2.80. The summed E-state index contributed by atoms with van der Waals surface area (Å²) in [5.74, 6) is 0.388. The van der Waals surface area contributed by atoms with Gasteiger partial charge in [0.15, 0.2) is 0 Å². The van der Waals surface area contributed by atoms with Crippen LogP contribution >= 0.6 is 0 Å². The van der Waals surface area contributed by atoms with E-state index in [0.29, 0.717) is 12.5 Å². The molecule has 63 valence electrons. The average Bonchev–Trinajstić information content (AvgIpc) is 2.36. The fourth-order valence-corrected chi connectivity index (χ4v) is 1.21. The van der Waals surface area contributed by atoms with E-state index >= 15 is 0 Å². The third kappa shape index (κ3) is 2.10. The van der Waals surface area contributed by atoms with Crippen LogP contribution in [0.15, 0.2) is 0 Å². The van der Waals surface area contributed by atoms with Gasteiger partial charge < -0.3 is 9.64 Å². The summed E-state index contributed by atoms with van der Waals surface area (Å²) in [5.41, 5.74) is 0. The highest BCUT2D eigenvalue weighted by molar-refractivity contribution is 5.67. The summed E-state index contributed by atoms with van der Waals surface area (Å²) >= 11 is 0. The van der Waals surface area contributed by atoms with E-state index in [-0.39, 0.29) is 6.09 Å². The first-order valence-electron chi connectivity index (χ1n) is 3.98. The molecule has 1 heterocycles. The predicted octanol–water partition coefficient (Wildman–Crippen LogP) is 1.30. The number of rotatable bonds is 1. The van der Waals surface area contributed by atoms with Crippen molar-refractivity contribution in [2.24, 2.45) is 5.92 Å². The van der Waals surface area contributed by atoms with Crippen LogP contribution in [0.2, 0.25) is 0 Å². The van der Waals surface area contributed by atoms with E-state index in [1.807, 2.05) is 6.92 Å². The number of hydrogen-bond donors (Lipinski definition) is 0. The zero-order valence-electron chi connectivity index (χ0n) is 6.88. The molecule has 3 heteroatoms. The molecule has 0 aromatic carbocycles. The Hall–Kier alpha value is -0.730. The third-order valence-corrected chi connectivity index (χ3v) is 1.81. The van der Waals surface area contributed by atoms with Gasteiger partial charge in [-0.15, -0.1) is 0 Å². The van der Waals surface area contributed by atoms with Crippen LogP contribution in [0.4, 0.5) is 4.79 Å². The highest BCUT2D eigenvalue weighted by Crippen LogP contribution is 2.14. The molecule has 1 aliphatic rings. The molecule has 0 saturated carbocycles. The molecular weight excluding hydrogens is 142 g/mol. The maximum absolute atomic E-state index is 11.1. The Morgan fingerprint density at radius 3 is 3.00 bits per heavy atom. The van der Waals surface area contributed by atoms with E-state index in [2.05, 4.69) is 6.92 Å². The van der Waals surface area contributed by atoms with Crippen LogP contribution in [0.1, 0.15) is 13.3 Å². The van der Waals surface area contributed by atoms with Crippen molar-refractivity contribution in [1.29, 1.82) is 0 Å². The summed E-state index contributed by atoms with van der Waals surface area (Å²) < 4.78 is 4.83. The van der Waals surface area contributed by atoms with Gasteiger partial charge in [0.1, 0.15) is 0 Å².